The quantitative estimate of drug-likeness (QED) is 0.893. The Bertz CT molecular complexity index is 577. The van der Waals surface area contributed by atoms with Crippen LogP contribution in [0.2, 0.25) is 5.02 Å². The minimum atomic E-state index is -0.301. The third-order valence-electron chi connectivity index (χ3n) is 2.74. The fraction of sp³-hybridized carbons (Fsp3) is 0.214. The highest BCUT2D eigenvalue weighted by atomic mass is 79.9. The molecule has 1 unspecified atom stereocenters. The third-order valence-corrected chi connectivity index (χ3v) is 3.51. The van der Waals surface area contributed by atoms with E-state index in [1.165, 1.54) is 12.1 Å². The standard InChI is InChI=1S/C14H13BrClFN2/c1-2-19-14(9-5-10(15)8-18-7-9)12-6-11(17)3-4-13(12)16/h3-8,14,19H,2H2,1H3. The van der Waals surface area contributed by atoms with Gasteiger partial charge in [0.05, 0.1) is 6.04 Å². The van der Waals surface area contributed by atoms with Crippen LogP contribution in [0.3, 0.4) is 0 Å². The Kier molecular flexibility index (Phi) is 4.91. The van der Waals surface area contributed by atoms with Crippen LogP contribution >= 0.6 is 27.5 Å². The zero-order chi connectivity index (χ0) is 13.8. The molecule has 0 aliphatic carbocycles. The molecule has 100 valence electrons. The van der Waals surface area contributed by atoms with Crippen LogP contribution in [-0.4, -0.2) is 11.5 Å². The monoisotopic (exact) mass is 342 g/mol. The summed E-state index contributed by atoms with van der Waals surface area (Å²) in [6.07, 6.45) is 3.46. The minimum absolute atomic E-state index is 0.182. The van der Waals surface area contributed by atoms with Crippen LogP contribution in [0.25, 0.3) is 0 Å². The van der Waals surface area contributed by atoms with E-state index in [-0.39, 0.29) is 11.9 Å². The van der Waals surface area contributed by atoms with Crippen molar-refractivity contribution in [2.45, 2.75) is 13.0 Å². The highest BCUT2D eigenvalue weighted by molar-refractivity contribution is 9.10. The molecule has 1 atom stereocenters. The first-order valence-corrected chi connectivity index (χ1v) is 7.07. The van der Waals surface area contributed by atoms with Gasteiger partial charge >= 0.3 is 0 Å². The molecule has 2 aromatic rings. The van der Waals surface area contributed by atoms with Crippen molar-refractivity contribution in [3.05, 3.63) is 63.1 Å². The fourth-order valence-corrected chi connectivity index (χ4v) is 2.54. The van der Waals surface area contributed by atoms with Crippen molar-refractivity contribution in [2.24, 2.45) is 0 Å². The van der Waals surface area contributed by atoms with Gasteiger partial charge in [-0.3, -0.25) is 4.98 Å². The van der Waals surface area contributed by atoms with Crippen LogP contribution in [0.5, 0.6) is 0 Å². The van der Waals surface area contributed by atoms with Gasteiger partial charge in [-0.05, 0) is 57.9 Å². The molecule has 1 N–H and O–H groups in total. The Morgan fingerprint density at radius 2 is 2.16 bits per heavy atom. The van der Waals surface area contributed by atoms with Crippen LogP contribution in [-0.2, 0) is 0 Å². The van der Waals surface area contributed by atoms with Crippen LogP contribution < -0.4 is 5.32 Å². The summed E-state index contributed by atoms with van der Waals surface area (Å²) in [5.41, 5.74) is 1.65. The number of rotatable bonds is 4. The summed E-state index contributed by atoms with van der Waals surface area (Å²) in [7, 11) is 0. The molecule has 1 heterocycles. The summed E-state index contributed by atoms with van der Waals surface area (Å²) in [4.78, 5) is 4.14. The van der Waals surface area contributed by atoms with E-state index in [9.17, 15) is 4.39 Å². The normalized spacial score (nSPS) is 12.4. The van der Waals surface area contributed by atoms with Gasteiger partial charge in [-0.2, -0.15) is 0 Å². The van der Waals surface area contributed by atoms with Gasteiger partial charge in [-0.15, -0.1) is 0 Å². The first kappa shape index (κ1) is 14.4. The molecule has 0 saturated carbocycles. The highest BCUT2D eigenvalue weighted by Crippen LogP contribution is 2.29. The maximum Gasteiger partial charge on any atom is 0.123 e. The summed E-state index contributed by atoms with van der Waals surface area (Å²) in [6.45, 7) is 2.73. The van der Waals surface area contributed by atoms with Crippen molar-refractivity contribution in [3.63, 3.8) is 0 Å². The average molecular weight is 344 g/mol. The van der Waals surface area contributed by atoms with E-state index in [0.29, 0.717) is 10.6 Å². The van der Waals surface area contributed by atoms with Crippen molar-refractivity contribution in [2.75, 3.05) is 6.54 Å². The first-order chi connectivity index (χ1) is 9.11. The number of benzene rings is 1. The van der Waals surface area contributed by atoms with E-state index >= 15 is 0 Å². The number of hydrogen-bond acceptors (Lipinski definition) is 2. The molecule has 0 bridgehead atoms. The van der Waals surface area contributed by atoms with Crippen molar-refractivity contribution in [3.8, 4) is 0 Å². The van der Waals surface area contributed by atoms with Crippen LogP contribution in [0.1, 0.15) is 24.1 Å². The molecule has 0 fully saturated rings. The molecule has 0 radical (unpaired) electrons. The van der Waals surface area contributed by atoms with Crippen LogP contribution in [0, 0.1) is 5.82 Å². The summed E-state index contributed by atoms with van der Waals surface area (Å²) in [5, 5.41) is 3.83. The molecular formula is C14H13BrClFN2. The van der Waals surface area contributed by atoms with Gasteiger partial charge in [0.15, 0.2) is 0 Å². The van der Waals surface area contributed by atoms with E-state index in [1.807, 2.05) is 13.0 Å². The lowest BCUT2D eigenvalue weighted by atomic mass is 10.00. The second kappa shape index (κ2) is 6.46. The lowest BCUT2D eigenvalue weighted by Crippen LogP contribution is -2.22. The molecule has 0 amide bonds. The SMILES string of the molecule is CCNC(c1cncc(Br)c1)c1cc(F)ccc1Cl. The van der Waals surface area contributed by atoms with Crippen molar-refractivity contribution < 1.29 is 4.39 Å². The molecule has 2 nitrogen and oxygen atoms in total. The molecule has 5 heteroatoms. The lowest BCUT2D eigenvalue weighted by molar-refractivity contribution is 0.602. The first-order valence-electron chi connectivity index (χ1n) is 5.90. The van der Waals surface area contributed by atoms with Gasteiger partial charge in [0, 0.05) is 21.9 Å². The summed E-state index contributed by atoms with van der Waals surface area (Å²) >= 11 is 9.57. The molecule has 1 aromatic carbocycles. The fourth-order valence-electron chi connectivity index (χ4n) is 1.93. The molecular weight excluding hydrogens is 331 g/mol. The average Bonchev–Trinajstić information content (AvgIpc) is 2.39. The largest absolute Gasteiger partial charge is 0.306 e. The third kappa shape index (κ3) is 3.53. The van der Waals surface area contributed by atoms with E-state index in [1.54, 1.807) is 18.5 Å². The van der Waals surface area contributed by atoms with Crippen molar-refractivity contribution >= 4 is 27.5 Å². The lowest BCUT2D eigenvalue weighted by Gasteiger charge is -2.20. The van der Waals surface area contributed by atoms with Gasteiger partial charge in [0.2, 0.25) is 0 Å². The maximum atomic E-state index is 13.4. The van der Waals surface area contributed by atoms with E-state index in [0.717, 1.165) is 16.6 Å². The molecule has 0 saturated heterocycles. The Hall–Kier alpha value is -0.970. The molecule has 19 heavy (non-hydrogen) atoms. The number of nitrogens with zero attached hydrogens (tertiary/aromatic N) is 1. The minimum Gasteiger partial charge on any atom is -0.306 e. The second-order valence-corrected chi connectivity index (χ2v) is 5.42. The van der Waals surface area contributed by atoms with Crippen molar-refractivity contribution in [1.82, 2.24) is 10.3 Å². The number of hydrogen-bond donors (Lipinski definition) is 1. The molecule has 0 spiro atoms. The summed E-state index contributed by atoms with van der Waals surface area (Å²) < 4.78 is 14.3. The molecule has 1 aromatic heterocycles. The van der Waals surface area contributed by atoms with Gasteiger partial charge in [-0.1, -0.05) is 18.5 Å². The predicted molar refractivity (Wildman–Crippen MR) is 78.9 cm³/mol. The number of pyridine rings is 1. The van der Waals surface area contributed by atoms with Gasteiger partial charge in [0.1, 0.15) is 5.82 Å². The van der Waals surface area contributed by atoms with E-state index < -0.39 is 0 Å². The van der Waals surface area contributed by atoms with Gasteiger partial charge in [0.25, 0.3) is 0 Å². The molecule has 2 rings (SSSR count). The van der Waals surface area contributed by atoms with Gasteiger partial charge < -0.3 is 5.32 Å². The Balaban J connectivity index is 2.48. The van der Waals surface area contributed by atoms with Gasteiger partial charge in [-0.25, -0.2) is 4.39 Å². The maximum absolute atomic E-state index is 13.4. The smallest absolute Gasteiger partial charge is 0.123 e. The topological polar surface area (TPSA) is 24.9 Å². The number of halogens is 3. The number of nitrogens with one attached hydrogen (secondary N) is 1. The zero-order valence-corrected chi connectivity index (χ0v) is 12.7. The summed E-state index contributed by atoms with van der Waals surface area (Å²) in [5.74, 6) is -0.301. The Morgan fingerprint density at radius 1 is 1.37 bits per heavy atom. The Morgan fingerprint density at radius 3 is 2.84 bits per heavy atom. The number of aromatic nitrogens is 1. The van der Waals surface area contributed by atoms with Crippen LogP contribution in [0.15, 0.2) is 41.1 Å². The predicted octanol–water partition coefficient (Wildman–Crippen LogP) is 4.34. The zero-order valence-electron chi connectivity index (χ0n) is 10.3. The summed E-state index contributed by atoms with van der Waals surface area (Å²) in [6, 6.07) is 6.15. The molecule has 0 aliphatic heterocycles. The van der Waals surface area contributed by atoms with Crippen LogP contribution in [0.4, 0.5) is 4.39 Å². The van der Waals surface area contributed by atoms with E-state index in [2.05, 4.69) is 26.2 Å². The highest BCUT2D eigenvalue weighted by Gasteiger charge is 2.17. The van der Waals surface area contributed by atoms with Crippen molar-refractivity contribution in [1.29, 1.82) is 0 Å². The molecule has 0 aliphatic rings. The second-order valence-electron chi connectivity index (χ2n) is 4.09. The Labute approximate surface area is 125 Å². The van der Waals surface area contributed by atoms with E-state index in [4.69, 9.17) is 11.6 Å².